The third-order valence-corrected chi connectivity index (χ3v) is 4.27. The number of benzene rings is 2. The lowest BCUT2D eigenvalue weighted by atomic mass is 10.2. The van der Waals surface area contributed by atoms with Gasteiger partial charge in [-0.2, -0.15) is 0 Å². The van der Waals surface area contributed by atoms with Gasteiger partial charge in [-0.15, -0.1) is 0 Å². The van der Waals surface area contributed by atoms with Crippen molar-refractivity contribution in [1.82, 2.24) is 5.32 Å². The molecule has 2 aromatic rings. The summed E-state index contributed by atoms with van der Waals surface area (Å²) in [5, 5.41) is 6.22. The van der Waals surface area contributed by atoms with E-state index in [0.29, 0.717) is 23.9 Å². The van der Waals surface area contributed by atoms with Crippen LogP contribution in [0.15, 0.2) is 48.5 Å². The Bertz CT molecular complexity index is 778. The molecule has 3 rings (SSSR count). The van der Waals surface area contributed by atoms with Crippen molar-refractivity contribution in [3.8, 4) is 5.75 Å². The summed E-state index contributed by atoms with van der Waals surface area (Å²) in [6.07, 6.45) is 0.263. The molecule has 0 radical (unpaired) electrons. The van der Waals surface area contributed by atoms with Crippen molar-refractivity contribution in [3.05, 3.63) is 53.6 Å². The number of urea groups is 1. The number of ether oxygens (including phenoxy) is 1. The van der Waals surface area contributed by atoms with Gasteiger partial charge in [0.25, 0.3) is 0 Å². The third-order valence-electron chi connectivity index (χ3n) is 4.02. The minimum Gasteiger partial charge on any atom is -0.494 e. The van der Waals surface area contributed by atoms with E-state index in [4.69, 9.17) is 16.3 Å². The summed E-state index contributed by atoms with van der Waals surface area (Å²) in [5.41, 5.74) is 1.43. The second-order valence-corrected chi connectivity index (χ2v) is 6.37. The van der Waals surface area contributed by atoms with Crippen molar-refractivity contribution in [3.63, 3.8) is 0 Å². The van der Waals surface area contributed by atoms with E-state index >= 15 is 0 Å². The van der Waals surface area contributed by atoms with Gasteiger partial charge in [0.1, 0.15) is 5.75 Å². The van der Waals surface area contributed by atoms with E-state index in [-0.39, 0.29) is 24.4 Å². The van der Waals surface area contributed by atoms with E-state index in [2.05, 4.69) is 10.6 Å². The van der Waals surface area contributed by atoms with Gasteiger partial charge in [-0.3, -0.25) is 4.79 Å². The summed E-state index contributed by atoms with van der Waals surface area (Å²) in [5.74, 6) is 0.720. The zero-order valence-electron chi connectivity index (χ0n) is 14.4. The van der Waals surface area contributed by atoms with Crippen molar-refractivity contribution >= 4 is 34.9 Å². The Morgan fingerprint density at radius 2 is 1.88 bits per heavy atom. The van der Waals surface area contributed by atoms with Gasteiger partial charge in [-0.25, -0.2) is 4.79 Å². The van der Waals surface area contributed by atoms with Crippen LogP contribution in [0.2, 0.25) is 5.02 Å². The molecule has 1 atom stereocenters. The van der Waals surface area contributed by atoms with E-state index in [0.717, 1.165) is 11.4 Å². The molecule has 0 spiro atoms. The van der Waals surface area contributed by atoms with Crippen LogP contribution in [0.1, 0.15) is 13.3 Å². The molecule has 0 unspecified atom stereocenters. The number of nitrogens with zero attached hydrogens (tertiary/aromatic N) is 1. The molecule has 0 saturated carbocycles. The van der Waals surface area contributed by atoms with E-state index in [1.165, 1.54) is 0 Å². The summed E-state index contributed by atoms with van der Waals surface area (Å²) in [6.45, 7) is 2.93. The van der Waals surface area contributed by atoms with Crippen molar-refractivity contribution in [1.29, 1.82) is 0 Å². The van der Waals surface area contributed by atoms with Gasteiger partial charge in [0.05, 0.1) is 12.6 Å². The number of hydrogen-bond acceptors (Lipinski definition) is 3. The highest BCUT2D eigenvalue weighted by Crippen LogP contribution is 2.23. The van der Waals surface area contributed by atoms with Crippen LogP contribution >= 0.6 is 11.6 Å². The number of halogens is 1. The molecule has 136 valence electrons. The highest BCUT2D eigenvalue weighted by atomic mass is 35.5. The van der Waals surface area contributed by atoms with Gasteiger partial charge < -0.3 is 20.3 Å². The Morgan fingerprint density at radius 1 is 1.19 bits per heavy atom. The van der Waals surface area contributed by atoms with E-state index in [1.807, 2.05) is 6.92 Å². The maximum Gasteiger partial charge on any atom is 0.319 e. The molecule has 0 aromatic heterocycles. The number of nitrogens with one attached hydrogen (secondary N) is 2. The van der Waals surface area contributed by atoms with Crippen LogP contribution in [0.25, 0.3) is 0 Å². The molecule has 2 aromatic carbocycles. The maximum absolute atomic E-state index is 12.2. The highest BCUT2D eigenvalue weighted by molar-refractivity contribution is 6.30. The molecule has 2 N–H and O–H groups in total. The predicted molar refractivity (Wildman–Crippen MR) is 102 cm³/mol. The van der Waals surface area contributed by atoms with Gasteiger partial charge in [0.15, 0.2) is 0 Å². The van der Waals surface area contributed by atoms with Crippen LogP contribution in [0.4, 0.5) is 16.2 Å². The molecule has 0 bridgehead atoms. The number of hydrogen-bond donors (Lipinski definition) is 2. The quantitative estimate of drug-likeness (QED) is 0.840. The van der Waals surface area contributed by atoms with Crippen LogP contribution in [-0.4, -0.2) is 31.1 Å². The first-order chi connectivity index (χ1) is 12.5. The molecule has 6 nitrogen and oxygen atoms in total. The average Bonchev–Trinajstić information content (AvgIpc) is 2.97. The molecule has 3 amide bonds. The highest BCUT2D eigenvalue weighted by Gasteiger charge is 2.31. The maximum atomic E-state index is 12.2. The Morgan fingerprint density at radius 3 is 2.54 bits per heavy atom. The number of carbonyl (C=O) groups is 2. The first kappa shape index (κ1) is 18.1. The SMILES string of the molecule is CCOc1ccc(NC(=O)N[C@H]2CC(=O)N(c3ccc(Cl)cc3)C2)cc1. The normalized spacial score (nSPS) is 16.5. The van der Waals surface area contributed by atoms with Gasteiger partial charge in [-0.1, -0.05) is 11.6 Å². The standard InChI is InChI=1S/C19H20ClN3O3/c1-2-26-17-9-5-14(6-10-17)21-19(25)22-15-11-18(24)23(12-15)16-7-3-13(20)4-8-16/h3-10,15H,2,11-12H2,1H3,(H2,21,22,25)/t15-/m0/s1. The summed E-state index contributed by atoms with van der Waals surface area (Å²) in [4.78, 5) is 26.0. The van der Waals surface area contributed by atoms with Crippen LogP contribution in [0, 0.1) is 0 Å². The number of rotatable bonds is 5. The molecule has 7 heteroatoms. The van der Waals surface area contributed by atoms with Crippen LogP contribution < -0.4 is 20.3 Å². The van der Waals surface area contributed by atoms with E-state index < -0.39 is 0 Å². The zero-order valence-corrected chi connectivity index (χ0v) is 15.1. The van der Waals surface area contributed by atoms with Gasteiger partial charge in [0, 0.05) is 29.4 Å². The smallest absolute Gasteiger partial charge is 0.319 e. The molecular formula is C19H20ClN3O3. The summed E-state index contributed by atoms with van der Waals surface area (Å²) in [6, 6.07) is 13.6. The fourth-order valence-electron chi connectivity index (χ4n) is 2.83. The Labute approximate surface area is 157 Å². The number of anilines is 2. The minimum atomic E-state index is -0.343. The van der Waals surface area contributed by atoms with E-state index in [9.17, 15) is 9.59 Å². The summed E-state index contributed by atoms with van der Waals surface area (Å²) < 4.78 is 5.37. The Kier molecular flexibility index (Phi) is 5.63. The molecular weight excluding hydrogens is 354 g/mol. The molecule has 26 heavy (non-hydrogen) atoms. The lowest BCUT2D eigenvalue weighted by Gasteiger charge is -2.17. The third kappa shape index (κ3) is 4.46. The molecule has 1 heterocycles. The second-order valence-electron chi connectivity index (χ2n) is 5.94. The topological polar surface area (TPSA) is 70.7 Å². The van der Waals surface area contributed by atoms with Gasteiger partial charge in [-0.05, 0) is 55.5 Å². The number of amides is 3. The first-order valence-electron chi connectivity index (χ1n) is 8.41. The van der Waals surface area contributed by atoms with Crippen molar-refractivity contribution < 1.29 is 14.3 Å². The van der Waals surface area contributed by atoms with Crippen molar-refractivity contribution in [2.45, 2.75) is 19.4 Å². The molecule has 1 saturated heterocycles. The summed E-state index contributed by atoms with van der Waals surface area (Å²) in [7, 11) is 0. The lowest BCUT2D eigenvalue weighted by Crippen LogP contribution is -2.39. The number of carbonyl (C=O) groups excluding carboxylic acids is 2. The molecule has 1 aliphatic heterocycles. The Hall–Kier alpha value is -2.73. The fraction of sp³-hybridized carbons (Fsp3) is 0.263. The minimum absolute atomic E-state index is 0.0290. The summed E-state index contributed by atoms with van der Waals surface area (Å²) >= 11 is 5.88. The molecule has 1 fully saturated rings. The van der Waals surface area contributed by atoms with Crippen molar-refractivity contribution in [2.75, 3.05) is 23.4 Å². The van der Waals surface area contributed by atoms with Gasteiger partial charge >= 0.3 is 6.03 Å². The lowest BCUT2D eigenvalue weighted by molar-refractivity contribution is -0.117. The van der Waals surface area contributed by atoms with Crippen LogP contribution in [0.3, 0.4) is 0 Å². The van der Waals surface area contributed by atoms with Crippen molar-refractivity contribution in [2.24, 2.45) is 0 Å². The van der Waals surface area contributed by atoms with Gasteiger partial charge in [0.2, 0.25) is 5.91 Å². The second kappa shape index (κ2) is 8.10. The van der Waals surface area contributed by atoms with Crippen LogP contribution in [-0.2, 0) is 4.79 Å². The monoisotopic (exact) mass is 373 g/mol. The predicted octanol–water partition coefficient (Wildman–Crippen LogP) is 3.67. The van der Waals surface area contributed by atoms with E-state index in [1.54, 1.807) is 53.4 Å². The first-order valence-corrected chi connectivity index (χ1v) is 8.79. The zero-order chi connectivity index (χ0) is 18.5. The molecule has 0 aliphatic carbocycles. The van der Waals surface area contributed by atoms with Crippen LogP contribution in [0.5, 0.6) is 5.75 Å². The Balaban J connectivity index is 1.55. The molecule has 1 aliphatic rings. The average molecular weight is 374 g/mol. The largest absolute Gasteiger partial charge is 0.494 e. The fourth-order valence-corrected chi connectivity index (χ4v) is 2.95.